The van der Waals surface area contributed by atoms with Crippen LogP contribution in [0.5, 0.6) is 0 Å². The molecule has 1 aromatic carbocycles. The maximum Gasteiger partial charge on any atom is 0.242 e. The molecule has 0 aliphatic carbocycles. The van der Waals surface area contributed by atoms with E-state index < -0.39 is 10.0 Å². The number of hydrogen-bond acceptors (Lipinski definition) is 4. The average Bonchev–Trinajstić information content (AvgIpc) is 2.85. The maximum atomic E-state index is 12.0. The molecule has 0 atom stereocenters. The molecule has 1 heterocycles. The number of benzene rings is 1. The molecule has 2 rings (SSSR count). The number of para-hydroxylation sites is 1. The molecule has 0 saturated heterocycles. The summed E-state index contributed by atoms with van der Waals surface area (Å²) in [5, 5.41) is 7.56. The van der Waals surface area contributed by atoms with E-state index >= 15 is 0 Å². The third-order valence-corrected chi connectivity index (χ3v) is 4.71. The number of rotatable bonds is 6. The molecule has 0 saturated carbocycles. The SMILES string of the molecule is CCc1nn(C)cc1CNc1ccccc1S(=O)(=O)NC. The fourth-order valence-corrected chi connectivity index (χ4v) is 3.08. The number of aromatic nitrogens is 2. The number of hydrogen-bond donors (Lipinski definition) is 2. The first-order chi connectivity index (χ1) is 9.97. The van der Waals surface area contributed by atoms with E-state index in [9.17, 15) is 8.42 Å². The minimum absolute atomic E-state index is 0.245. The standard InChI is InChI=1S/C14H20N4O2S/c1-4-12-11(10-18(3)17-12)9-16-13-7-5-6-8-14(13)21(19,20)15-2/h5-8,10,15-16H,4,9H2,1-3H3. The van der Waals surface area contributed by atoms with Crippen LogP contribution in [0.2, 0.25) is 0 Å². The highest BCUT2D eigenvalue weighted by Crippen LogP contribution is 2.21. The molecule has 2 aromatic rings. The molecule has 114 valence electrons. The van der Waals surface area contributed by atoms with Crippen molar-refractivity contribution in [1.29, 1.82) is 0 Å². The summed E-state index contributed by atoms with van der Waals surface area (Å²) < 4.78 is 28.1. The number of anilines is 1. The fraction of sp³-hybridized carbons (Fsp3) is 0.357. The van der Waals surface area contributed by atoms with Crippen molar-refractivity contribution in [3.05, 3.63) is 41.7 Å². The van der Waals surface area contributed by atoms with E-state index in [1.165, 1.54) is 7.05 Å². The lowest BCUT2D eigenvalue weighted by atomic mass is 10.2. The van der Waals surface area contributed by atoms with Crippen molar-refractivity contribution in [1.82, 2.24) is 14.5 Å². The van der Waals surface area contributed by atoms with E-state index in [2.05, 4.69) is 15.1 Å². The van der Waals surface area contributed by atoms with E-state index in [-0.39, 0.29) is 4.90 Å². The minimum Gasteiger partial charge on any atom is -0.380 e. The minimum atomic E-state index is -3.48. The molecule has 2 N–H and O–H groups in total. The van der Waals surface area contributed by atoms with Gasteiger partial charge in [0.25, 0.3) is 0 Å². The second kappa shape index (κ2) is 6.28. The first-order valence-electron chi connectivity index (χ1n) is 6.75. The Morgan fingerprint density at radius 2 is 2.00 bits per heavy atom. The van der Waals surface area contributed by atoms with Crippen molar-refractivity contribution in [2.75, 3.05) is 12.4 Å². The Balaban J connectivity index is 2.25. The lowest BCUT2D eigenvalue weighted by Gasteiger charge is -2.11. The van der Waals surface area contributed by atoms with Gasteiger partial charge in [-0.3, -0.25) is 4.68 Å². The monoisotopic (exact) mass is 308 g/mol. The Bertz CT molecular complexity index is 722. The van der Waals surface area contributed by atoms with Gasteiger partial charge in [-0.15, -0.1) is 0 Å². The lowest BCUT2D eigenvalue weighted by molar-refractivity contribution is 0.588. The second-order valence-corrected chi connectivity index (χ2v) is 6.54. The van der Waals surface area contributed by atoms with Crippen LogP contribution in [0.1, 0.15) is 18.2 Å². The summed E-state index contributed by atoms with van der Waals surface area (Å²) in [6, 6.07) is 6.85. The molecule has 0 radical (unpaired) electrons. The predicted octanol–water partition coefficient (Wildman–Crippen LogP) is 1.50. The second-order valence-electron chi connectivity index (χ2n) is 4.69. The van der Waals surface area contributed by atoms with Crippen LogP contribution in [0.25, 0.3) is 0 Å². The molecule has 0 fully saturated rings. The summed E-state index contributed by atoms with van der Waals surface area (Å²) in [6.07, 6.45) is 2.79. The Labute approximate surface area is 125 Å². The van der Waals surface area contributed by atoms with Crippen molar-refractivity contribution in [2.45, 2.75) is 24.8 Å². The zero-order valence-corrected chi connectivity index (χ0v) is 13.2. The lowest BCUT2D eigenvalue weighted by Crippen LogP contribution is -2.20. The van der Waals surface area contributed by atoms with E-state index in [1.54, 1.807) is 28.9 Å². The zero-order chi connectivity index (χ0) is 15.5. The van der Waals surface area contributed by atoms with Crippen molar-refractivity contribution in [3.8, 4) is 0 Å². The highest BCUT2D eigenvalue weighted by molar-refractivity contribution is 7.89. The van der Waals surface area contributed by atoms with Gasteiger partial charge in [0, 0.05) is 25.4 Å². The third kappa shape index (κ3) is 3.43. The van der Waals surface area contributed by atoms with Crippen LogP contribution in [-0.2, 0) is 30.0 Å². The van der Waals surface area contributed by atoms with Gasteiger partial charge in [0.15, 0.2) is 0 Å². The van der Waals surface area contributed by atoms with Crippen LogP contribution in [0, 0.1) is 0 Å². The maximum absolute atomic E-state index is 12.0. The molecule has 0 spiro atoms. The van der Waals surface area contributed by atoms with Crippen molar-refractivity contribution in [3.63, 3.8) is 0 Å². The molecule has 0 aliphatic rings. The van der Waals surface area contributed by atoms with Gasteiger partial charge < -0.3 is 5.32 Å². The van der Waals surface area contributed by atoms with Crippen LogP contribution in [0.4, 0.5) is 5.69 Å². The van der Waals surface area contributed by atoms with Crippen LogP contribution in [0.3, 0.4) is 0 Å². The first kappa shape index (κ1) is 15.5. The molecule has 0 bridgehead atoms. The molecule has 0 amide bonds. The van der Waals surface area contributed by atoms with Crippen LogP contribution >= 0.6 is 0 Å². The number of sulfonamides is 1. The zero-order valence-electron chi connectivity index (χ0n) is 12.4. The molecule has 6 nitrogen and oxygen atoms in total. The summed E-state index contributed by atoms with van der Waals surface area (Å²) in [6.45, 7) is 2.58. The molecule has 0 unspecified atom stereocenters. The Kier molecular flexibility index (Phi) is 4.64. The highest BCUT2D eigenvalue weighted by Gasteiger charge is 2.16. The average molecular weight is 308 g/mol. The van der Waals surface area contributed by atoms with Crippen molar-refractivity contribution >= 4 is 15.7 Å². The molecule has 7 heteroatoms. The predicted molar refractivity (Wildman–Crippen MR) is 82.6 cm³/mol. The van der Waals surface area contributed by atoms with E-state index in [0.717, 1.165) is 17.7 Å². The number of nitrogens with one attached hydrogen (secondary N) is 2. The van der Waals surface area contributed by atoms with Gasteiger partial charge >= 0.3 is 0 Å². The molecular formula is C14H20N4O2S. The van der Waals surface area contributed by atoms with E-state index in [4.69, 9.17) is 0 Å². The number of aryl methyl sites for hydroxylation is 2. The van der Waals surface area contributed by atoms with E-state index in [0.29, 0.717) is 12.2 Å². The summed E-state index contributed by atoms with van der Waals surface area (Å²) >= 11 is 0. The van der Waals surface area contributed by atoms with Gasteiger partial charge in [-0.1, -0.05) is 19.1 Å². The first-order valence-corrected chi connectivity index (χ1v) is 8.24. The molecule has 0 aliphatic heterocycles. The van der Waals surface area contributed by atoms with Crippen LogP contribution in [0.15, 0.2) is 35.4 Å². The topological polar surface area (TPSA) is 76.0 Å². The number of nitrogens with zero attached hydrogens (tertiary/aromatic N) is 2. The normalized spacial score (nSPS) is 11.6. The fourth-order valence-electron chi connectivity index (χ4n) is 2.18. The largest absolute Gasteiger partial charge is 0.380 e. The summed E-state index contributed by atoms with van der Waals surface area (Å²) in [5.74, 6) is 0. The Morgan fingerprint density at radius 1 is 1.29 bits per heavy atom. The Morgan fingerprint density at radius 3 is 2.67 bits per heavy atom. The molecule has 1 aromatic heterocycles. The Hall–Kier alpha value is -1.86. The van der Waals surface area contributed by atoms with E-state index in [1.807, 2.05) is 20.2 Å². The van der Waals surface area contributed by atoms with Gasteiger partial charge in [0.2, 0.25) is 10.0 Å². The van der Waals surface area contributed by atoms with Gasteiger partial charge in [-0.05, 0) is 25.6 Å². The summed E-state index contributed by atoms with van der Waals surface area (Å²) in [4.78, 5) is 0.245. The third-order valence-electron chi connectivity index (χ3n) is 3.24. The summed E-state index contributed by atoms with van der Waals surface area (Å²) in [5.41, 5.74) is 2.66. The van der Waals surface area contributed by atoms with Gasteiger partial charge in [0.1, 0.15) is 4.90 Å². The smallest absolute Gasteiger partial charge is 0.242 e. The molecule has 21 heavy (non-hydrogen) atoms. The highest BCUT2D eigenvalue weighted by atomic mass is 32.2. The van der Waals surface area contributed by atoms with Gasteiger partial charge in [0.05, 0.1) is 11.4 Å². The quantitative estimate of drug-likeness (QED) is 0.848. The molecular weight excluding hydrogens is 288 g/mol. The van der Waals surface area contributed by atoms with Gasteiger partial charge in [-0.25, -0.2) is 13.1 Å². The van der Waals surface area contributed by atoms with Gasteiger partial charge in [-0.2, -0.15) is 5.10 Å². The summed E-state index contributed by atoms with van der Waals surface area (Å²) in [7, 11) is -0.195. The van der Waals surface area contributed by atoms with Crippen molar-refractivity contribution < 1.29 is 8.42 Å². The van der Waals surface area contributed by atoms with Crippen LogP contribution < -0.4 is 10.0 Å². The van der Waals surface area contributed by atoms with Crippen LogP contribution in [-0.4, -0.2) is 25.2 Å². The van der Waals surface area contributed by atoms with Crippen molar-refractivity contribution in [2.24, 2.45) is 7.05 Å².